The highest BCUT2D eigenvalue weighted by molar-refractivity contribution is 5.95. The summed E-state index contributed by atoms with van der Waals surface area (Å²) >= 11 is 0. The summed E-state index contributed by atoms with van der Waals surface area (Å²) in [4.78, 5) is 11.6. The van der Waals surface area contributed by atoms with Crippen LogP contribution in [-0.4, -0.2) is 12.0 Å². The molecule has 0 saturated carbocycles. The first-order valence-corrected chi connectivity index (χ1v) is 6.29. The Morgan fingerprint density at radius 1 is 1.14 bits per heavy atom. The molecule has 7 heteroatoms. The van der Waals surface area contributed by atoms with E-state index in [0.717, 1.165) is 18.2 Å². The minimum absolute atomic E-state index is 0.162. The molecule has 1 unspecified atom stereocenters. The summed E-state index contributed by atoms with van der Waals surface area (Å²) in [6.07, 6.45) is -3.40. The van der Waals surface area contributed by atoms with Gasteiger partial charge in [-0.05, 0) is 36.8 Å². The predicted molar refractivity (Wildman–Crippen MR) is 67.5 cm³/mol. The second-order valence-corrected chi connectivity index (χ2v) is 4.81. The third-order valence-corrected chi connectivity index (χ3v) is 3.17. The Labute approximate surface area is 122 Å². The van der Waals surface area contributed by atoms with Crippen LogP contribution in [0, 0.1) is 17.6 Å². The minimum Gasteiger partial charge on any atom is -0.492 e. The molecule has 1 aliphatic rings. The molecule has 0 saturated heterocycles. The number of rotatable bonds is 3. The summed E-state index contributed by atoms with van der Waals surface area (Å²) in [6, 6.07) is 3.01. The van der Waals surface area contributed by atoms with Gasteiger partial charge in [-0.3, -0.25) is 4.79 Å². The van der Waals surface area contributed by atoms with Crippen LogP contribution in [0.4, 0.5) is 22.0 Å². The van der Waals surface area contributed by atoms with Crippen LogP contribution in [-0.2, 0) is 16.1 Å². The Balaban J connectivity index is 2.16. The molecule has 0 aromatic heterocycles. The van der Waals surface area contributed by atoms with Crippen LogP contribution in [0.2, 0.25) is 0 Å². The molecule has 0 amide bonds. The normalized spacial score (nSPS) is 18.8. The van der Waals surface area contributed by atoms with Gasteiger partial charge in [0, 0.05) is 0 Å². The maximum absolute atomic E-state index is 13.0. The quantitative estimate of drug-likeness (QED) is 0.785. The van der Waals surface area contributed by atoms with E-state index in [-0.39, 0.29) is 17.9 Å². The zero-order valence-corrected chi connectivity index (χ0v) is 11.4. The van der Waals surface area contributed by atoms with Crippen molar-refractivity contribution in [2.75, 3.05) is 0 Å². The first-order valence-electron chi connectivity index (χ1n) is 6.29. The molecule has 0 heterocycles. The van der Waals surface area contributed by atoms with Crippen molar-refractivity contribution in [1.82, 2.24) is 0 Å². The van der Waals surface area contributed by atoms with Gasteiger partial charge in [0.2, 0.25) is 0 Å². The van der Waals surface area contributed by atoms with Gasteiger partial charge in [-0.2, -0.15) is 13.2 Å². The summed E-state index contributed by atoms with van der Waals surface area (Å²) < 4.78 is 69.0. The number of ketones is 1. The summed E-state index contributed by atoms with van der Waals surface area (Å²) in [5, 5.41) is 0. The van der Waals surface area contributed by atoms with E-state index in [1.807, 2.05) is 0 Å². The molecule has 0 radical (unpaired) electrons. The third-order valence-electron chi connectivity index (χ3n) is 3.17. The topological polar surface area (TPSA) is 26.3 Å². The second kappa shape index (κ2) is 5.90. The van der Waals surface area contributed by atoms with Crippen molar-refractivity contribution >= 4 is 5.78 Å². The van der Waals surface area contributed by atoms with Crippen LogP contribution in [0.5, 0.6) is 0 Å². The monoisotopic (exact) mass is 318 g/mol. The van der Waals surface area contributed by atoms with Crippen LogP contribution in [0.3, 0.4) is 0 Å². The molecule has 0 bridgehead atoms. The average molecular weight is 318 g/mol. The van der Waals surface area contributed by atoms with E-state index in [1.54, 1.807) is 0 Å². The molecule has 0 fully saturated rings. The molecular weight excluding hydrogens is 307 g/mol. The van der Waals surface area contributed by atoms with E-state index >= 15 is 0 Å². The lowest BCUT2D eigenvalue weighted by molar-refractivity contribution is -0.120. The highest BCUT2D eigenvalue weighted by Crippen LogP contribution is 2.33. The van der Waals surface area contributed by atoms with E-state index in [4.69, 9.17) is 4.74 Å². The van der Waals surface area contributed by atoms with Crippen molar-refractivity contribution in [2.24, 2.45) is 5.92 Å². The fraction of sp³-hybridized carbons (Fsp3) is 0.267. The van der Waals surface area contributed by atoms with Gasteiger partial charge in [0.05, 0.1) is 11.5 Å². The Morgan fingerprint density at radius 3 is 2.41 bits per heavy atom. The van der Waals surface area contributed by atoms with E-state index in [2.05, 4.69) is 0 Å². The van der Waals surface area contributed by atoms with Gasteiger partial charge in [0.1, 0.15) is 12.4 Å². The lowest BCUT2D eigenvalue weighted by atomic mass is 9.94. The second-order valence-electron chi connectivity index (χ2n) is 4.81. The van der Waals surface area contributed by atoms with E-state index in [1.165, 1.54) is 13.0 Å². The highest BCUT2D eigenvalue weighted by Gasteiger charge is 2.37. The molecule has 1 atom stereocenters. The number of hydrogen-bond donors (Lipinski definition) is 0. The number of ether oxygens (including phenoxy) is 1. The first-order chi connectivity index (χ1) is 10.2. The van der Waals surface area contributed by atoms with Crippen LogP contribution < -0.4 is 0 Å². The summed E-state index contributed by atoms with van der Waals surface area (Å²) in [6.45, 7) is 1.13. The van der Waals surface area contributed by atoms with Crippen molar-refractivity contribution in [3.63, 3.8) is 0 Å². The molecule has 22 heavy (non-hydrogen) atoms. The number of benzene rings is 1. The van der Waals surface area contributed by atoms with Gasteiger partial charge in [-0.15, -0.1) is 0 Å². The number of allylic oxidation sites excluding steroid dienone is 4. The molecule has 0 N–H and O–H groups in total. The Kier molecular flexibility index (Phi) is 4.35. The lowest BCUT2D eigenvalue weighted by Crippen LogP contribution is -2.22. The fourth-order valence-electron chi connectivity index (χ4n) is 1.86. The summed E-state index contributed by atoms with van der Waals surface area (Å²) in [5.41, 5.74) is -0.863. The van der Waals surface area contributed by atoms with Crippen molar-refractivity contribution in [1.29, 1.82) is 0 Å². The molecule has 0 aliphatic heterocycles. The lowest BCUT2D eigenvalue weighted by Gasteiger charge is -2.21. The zero-order valence-electron chi connectivity index (χ0n) is 11.4. The third kappa shape index (κ3) is 3.52. The molecule has 1 aromatic carbocycles. The SMILES string of the molecule is CC1C(=O)C=C(C(F)(F)F)C=C1OCc1ccc(F)c(F)c1. The standard InChI is InChI=1S/C15H11F5O2/c1-8-13(21)5-10(15(18,19)20)6-14(8)22-7-9-2-3-11(16)12(17)4-9/h2-6,8H,7H2,1H3. The Bertz CT molecular complexity index is 658. The smallest absolute Gasteiger partial charge is 0.416 e. The van der Waals surface area contributed by atoms with Gasteiger partial charge >= 0.3 is 6.18 Å². The maximum atomic E-state index is 13.0. The van der Waals surface area contributed by atoms with Gasteiger partial charge in [0.15, 0.2) is 17.4 Å². The number of carbonyl (C=O) groups excluding carboxylic acids is 1. The molecule has 0 spiro atoms. The summed E-state index contributed by atoms with van der Waals surface area (Å²) in [5.74, 6) is -3.87. The minimum atomic E-state index is -4.66. The van der Waals surface area contributed by atoms with E-state index in [9.17, 15) is 26.7 Å². The average Bonchev–Trinajstić information content (AvgIpc) is 2.42. The van der Waals surface area contributed by atoms with Crippen molar-refractivity contribution in [2.45, 2.75) is 19.7 Å². The maximum Gasteiger partial charge on any atom is 0.416 e. The molecule has 2 rings (SSSR count). The number of carbonyl (C=O) groups is 1. The van der Waals surface area contributed by atoms with E-state index < -0.39 is 35.1 Å². The van der Waals surface area contributed by atoms with Crippen molar-refractivity contribution in [3.05, 3.63) is 58.9 Å². The molecular formula is C15H11F5O2. The van der Waals surface area contributed by atoms with Gasteiger partial charge in [-0.1, -0.05) is 6.07 Å². The molecule has 1 aliphatic carbocycles. The largest absolute Gasteiger partial charge is 0.492 e. The molecule has 118 valence electrons. The number of halogens is 5. The van der Waals surface area contributed by atoms with E-state index in [0.29, 0.717) is 6.08 Å². The van der Waals surface area contributed by atoms with Crippen LogP contribution in [0.15, 0.2) is 41.7 Å². The Morgan fingerprint density at radius 2 is 1.82 bits per heavy atom. The van der Waals surface area contributed by atoms with Gasteiger partial charge in [-0.25, -0.2) is 8.78 Å². The predicted octanol–water partition coefficient (Wildman–Crippen LogP) is 4.07. The van der Waals surface area contributed by atoms with Crippen molar-refractivity contribution < 1.29 is 31.5 Å². The molecule has 2 nitrogen and oxygen atoms in total. The number of hydrogen-bond acceptors (Lipinski definition) is 2. The van der Waals surface area contributed by atoms with Crippen LogP contribution >= 0.6 is 0 Å². The van der Waals surface area contributed by atoms with Crippen LogP contribution in [0.25, 0.3) is 0 Å². The number of alkyl halides is 3. The van der Waals surface area contributed by atoms with Gasteiger partial charge in [0.25, 0.3) is 0 Å². The fourth-order valence-corrected chi connectivity index (χ4v) is 1.86. The first kappa shape index (κ1) is 16.2. The van der Waals surface area contributed by atoms with Crippen molar-refractivity contribution in [3.8, 4) is 0 Å². The van der Waals surface area contributed by atoms with Crippen LogP contribution in [0.1, 0.15) is 12.5 Å². The highest BCUT2D eigenvalue weighted by atomic mass is 19.4. The zero-order chi connectivity index (χ0) is 16.5. The Hall–Kier alpha value is -2.18. The summed E-state index contributed by atoms with van der Waals surface area (Å²) in [7, 11) is 0. The van der Waals surface area contributed by atoms with Gasteiger partial charge < -0.3 is 4.74 Å². The molecule has 1 aromatic rings.